The van der Waals surface area contributed by atoms with Crippen molar-refractivity contribution in [3.8, 4) is 11.8 Å². The maximum Gasteiger partial charge on any atom is 0.410 e. The van der Waals surface area contributed by atoms with E-state index < -0.39 is 5.60 Å². The molecule has 2 atom stereocenters. The summed E-state index contributed by atoms with van der Waals surface area (Å²) in [5.74, 6) is 1.66. The number of nitrogens with zero attached hydrogens (tertiary/aromatic N) is 6. The van der Waals surface area contributed by atoms with Crippen LogP contribution in [0.2, 0.25) is 0 Å². The van der Waals surface area contributed by atoms with Crippen LogP contribution in [0.25, 0.3) is 10.8 Å². The Balaban J connectivity index is 1.27. The van der Waals surface area contributed by atoms with Crippen molar-refractivity contribution >= 4 is 28.4 Å². The molecule has 0 N–H and O–H groups in total. The zero-order chi connectivity index (χ0) is 34.5. The van der Waals surface area contributed by atoms with Crippen molar-refractivity contribution in [3.05, 3.63) is 47.7 Å². The summed E-state index contributed by atoms with van der Waals surface area (Å²) in [7, 11) is 1.63. The first-order valence-corrected chi connectivity index (χ1v) is 17.6. The Kier molecular flexibility index (Phi) is 11.0. The molecule has 0 unspecified atom stereocenters. The first kappa shape index (κ1) is 35.0. The Labute approximate surface area is 290 Å². The van der Waals surface area contributed by atoms with Gasteiger partial charge in [0.25, 0.3) is 0 Å². The van der Waals surface area contributed by atoms with Crippen molar-refractivity contribution in [2.45, 2.75) is 71.7 Å². The summed E-state index contributed by atoms with van der Waals surface area (Å²) in [6.45, 7) is 17.7. The van der Waals surface area contributed by atoms with Crippen LogP contribution in [-0.2, 0) is 27.2 Å². The van der Waals surface area contributed by atoms with Crippen molar-refractivity contribution in [3.63, 3.8) is 0 Å². The van der Waals surface area contributed by atoms with Gasteiger partial charge in [-0.1, -0.05) is 24.3 Å². The normalized spacial score (nSPS) is 20.3. The monoisotopic (exact) mass is 676 g/mol. The molecule has 2 fully saturated rings. The number of methoxy groups -OCH3 is 1. The highest BCUT2D eigenvalue weighted by Gasteiger charge is 2.38. The number of hydrogen-bond donors (Lipinski definition) is 0. The number of morpholine rings is 1. The van der Waals surface area contributed by atoms with Gasteiger partial charge in [0.05, 0.1) is 44.1 Å². The van der Waals surface area contributed by atoms with Crippen LogP contribution in [0.4, 0.5) is 16.3 Å². The average molecular weight is 677 g/mol. The van der Waals surface area contributed by atoms with Gasteiger partial charge in [0, 0.05) is 69.1 Å². The smallest absolute Gasteiger partial charge is 0.410 e. The summed E-state index contributed by atoms with van der Waals surface area (Å²) in [5.41, 5.74) is 2.64. The predicted octanol–water partition coefficient (Wildman–Crippen LogP) is 5.11. The fraction of sp³-hybridized carbons (Fsp3) is 0.595. The number of fused-ring (bicyclic) bond motifs is 2. The van der Waals surface area contributed by atoms with E-state index in [0.29, 0.717) is 32.3 Å². The molecule has 1 amide bonds. The molecule has 12 nitrogen and oxygen atoms in total. The van der Waals surface area contributed by atoms with Crippen LogP contribution >= 0.6 is 0 Å². The fourth-order valence-corrected chi connectivity index (χ4v) is 7.10. The van der Waals surface area contributed by atoms with Crippen LogP contribution in [0.15, 0.2) is 36.4 Å². The Morgan fingerprint density at radius 2 is 1.73 bits per heavy atom. The van der Waals surface area contributed by atoms with Crippen molar-refractivity contribution in [1.82, 2.24) is 19.8 Å². The Morgan fingerprint density at radius 1 is 0.980 bits per heavy atom. The van der Waals surface area contributed by atoms with Crippen LogP contribution in [0.5, 0.6) is 11.8 Å². The van der Waals surface area contributed by atoms with Crippen molar-refractivity contribution in [2.75, 3.05) is 82.8 Å². The molecule has 12 heteroatoms. The molecule has 3 aliphatic heterocycles. The second-order valence-corrected chi connectivity index (χ2v) is 14.3. The quantitative estimate of drug-likeness (QED) is 0.212. The number of ether oxygens (including phenoxy) is 5. The van der Waals surface area contributed by atoms with E-state index in [1.54, 1.807) is 7.11 Å². The minimum Gasteiger partial charge on any atom is -0.467 e. The molecule has 6 rings (SSSR count). The summed E-state index contributed by atoms with van der Waals surface area (Å²) < 4.78 is 28.7. The lowest BCUT2D eigenvalue weighted by Gasteiger charge is -2.45. The molecule has 3 aliphatic rings. The lowest BCUT2D eigenvalue weighted by molar-refractivity contribution is 0.00556. The van der Waals surface area contributed by atoms with Gasteiger partial charge in [-0.3, -0.25) is 9.80 Å². The zero-order valence-electron chi connectivity index (χ0n) is 29.9. The second-order valence-electron chi connectivity index (χ2n) is 14.3. The molecule has 0 bridgehead atoms. The van der Waals surface area contributed by atoms with Crippen LogP contribution in [-0.4, -0.2) is 117 Å². The van der Waals surface area contributed by atoms with Gasteiger partial charge >= 0.3 is 12.1 Å². The highest BCUT2D eigenvalue weighted by atomic mass is 16.7. The molecule has 0 aliphatic carbocycles. The maximum absolute atomic E-state index is 13.2. The van der Waals surface area contributed by atoms with Crippen LogP contribution < -0.4 is 19.3 Å². The van der Waals surface area contributed by atoms with Gasteiger partial charge in [0.1, 0.15) is 17.2 Å². The highest BCUT2D eigenvalue weighted by molar-refractivity contribution is 5.95. The standard InChI is InChI=1S/C37H52N6O6/c1-26-22-42(23-27(2)43(26)36(44)49-37(3,4)5)34-31-12-14-41(33-21-29(48-25-45-6)20-28-10-7-8-11-30(28)33)24-32(31)38-35(39-34)47-17-9-13-40-15-18-46-19-16-40/h7-8,10-11,20-21,26-27H,9,12-19,22-25H2,1-6H3/t26-,27+. The number of carbonyl (C=O) groups excluding carboxylic acids is 1. The van der Waals surface area contributed by atoms with Crippen molar-refractivity contribution < 1.29 is 28.5 Å². The van der Waals surface area contributed by atoms with E-state index in [9.17, 15) is 4.79 Å². The topological polar surface area (TPSA) is 102 Å². The third kappa shape index (κ3) is 8.48. The number of amides is 1. The molecule has 1 aromatic heterocycles. The summed E-state index contributed by atoms with van der Waals surface area (Å²) in [6, 6.07) is 12.8. The lowest BCUT2D eigenvalue weighted by Crippen LogP contribution is -2.60. The minimum absolute atomic E-state index is 0.0663. The maximum atomic E-state index is 13.2. The van der Waals surface area contributed by atoms with Gasteiger partial charge in [-0.05, 0) is 58.9 Å². The molecule has 2 saturated heterocycles. The Hall–Kier alpha value is -3.87. The van der Waals surface area contributed by atoms with Gasteiger partial charge in [-0.25, -0.2) is 4.79 Å². The number of aromatic nitrogens is 2. The van der Waals surface area contributed by atoms with Crippen LogP contribution in [0.3, 0.4) is 0 Å². The van der Waals surface area contributed by atoms with E-state index in [-0.39, 0.29) is 25.0 Å². The van der Waals surface area contributed by atoms with Crippen LogP contribution in [0, 0.1) is 0 Å². The van der Waals surface area contributed by atoms with Gasteiger partial charge in [-0.15, -0.1) is 0 Å². The van der Waals surface area contributed by atoms with Crippen molar-refractivity contribution in [1.29, 1.82) is 0 Å². The summed E-state index contributed by atoms with van der Waals surface area (Å²) in [4.78, 5) is 32.2. The molecular formula is C37H52N6O6. The van der Waals surface area contributed by atoms with E-state index in [4.69, 9.17) is 33.7 Å². The zero-order valence-corrected chi connectivity index (χ0v) is 29.9. The lowest BCUT2D eigenvalue weighted by atomic mass is 10.0. The molecule has 4 heterocycles. The Morgan fingerprint density at radius 3 is 2.47 bits per heavy atom. The third-order valence-corrected chi connectivity index (χ3v) is 9.30. The number of anilines is 2. The van der Waals surface area contributed by atoms with Crippen molar-refractivity contribution in [2.24, 2.45) is 0 Å². The molecular weight excluding hydrogens is 624 g/mol. The highest BCUT2D eigenvalue weighted by Crippen LogP contribution is 2.37. The number of benzene rings is 2. The SMILES string of the molecule is COCOc1cc(N2CCc3c(nc(OCCCN4CCOCC4)nc3N3C[C@@H](C)N(C(=O)OC(C)(C)C)[C@@H](C)C3)C2)c2ccccc2c1. The number of carbonyl (C=O) groups is 1. The predicted molar refractivity (Wildman–Crippen MR) is 190 cm³/mol. The van der Waals surface area contributed by atoms with E-state index in [1.165, 1.54) is 0 Å². The van der Waals surface area contributed by atoms with E-state index in [2.05, 4.69) is 58.9 Å². The van der Waals surface area contributed by atoms with Gasteiger partial charge in [0.2, 0.25) is 0 Å². The second kappa shape index (κ2) is 15.3. The fourth-order valence-electron chi connectivity index (χ4n) is 7.10. The third-order valence-electron chi connectivity index (χ3n) is 9.30. The molecule has 0 spiro atoms. The molecule has 2 aromatic carbocycles. The van der Waals surface area contributed by atoms with Gasteiger partial charge < -0.3 is 33.5 Å². The van der Waals surface area contributed by atoms with E-state index in [0.717, 1.165) is 91.5 Å². The number of piperazine rings is 1. The Bertz CT molecular complexity index is 1580. The minimum atomic E-state index is -0.556. The summed E-state index contributed by atoms with van der Waals surface area (Å²) in [5, 5.41) is 2.26. The number of rotatable bonds is 10. The molecule has 0 saturated carbocycles. The summed E-state index contributed by atoms with van der Waals surface area (Å²) >= 11 is 0. The van der Waals surface area contributed by atoms with Gasteiger partial charge in [0.15, 0.2) is 6.79 Å². The first-order valence-electron chi connectivity index (χ1n) is 17.6. The largest absolute Gasteiger partial charge is 0.467 e. The van der Waals surface area contributed by atoms with E-state index >= 15 is 0 Å². The summed E-state index contributed by atoms with van der Waals surface area (Å²) in [6.07, 6.45) is 1.37. The molecule has 266 valence electrons. The molecule has 49 heavy (non-hydrogen) atoms. The molecule has 3 aromatic rings. The first-order chi connectivity index (χ1) is 23.6. The average Bonchev–Trinajstić information content (AvgIpc) is 3.07. The van der Waals surface area contributed by atoms with E-state index in [1.807, 2.05) is 31.7 Å². The molecule has 0 radical (unpaired) electrons. The van der Waals surface area contributed by atoms with Crippen LogP contribution in [0.1, 0.15) is 52.3 Å². The van der Waals surface area contributed by atoms with Gasteiger partial charge in [-0.2, -0.15) is 9.97 Å². The number of hydrogen-bond acceptors (Lipinski definition) is 11.